The van der Waals surface area contributed by atoms with E-state index in [-0.39, 0.29) is 18.2 Å². The molecule has 3 rings (SSSR count). The van der Waals surface area contributed by atoms with Gasteiger partial charge in [0.05, 0.1) is 19.6 Å². The summed E-state index contributed by atoms with van der Waals surface area (Å²) in [5.74, 6) is -1.31. The van der Waals surface area contributed by atoms with E-state index in [1.807, 2.05) is 19.9 Å². The number of carbonyl (C=O) groups is 3. The Kier molecular flexibility index (Phi) is 10.8. The molecule has 2 aliphatic heterocycles. The van der Waals surface area contributed by atoms with Crippen LogP contribution >= 0.6 is 0 Å². The third kappa shape index (κ3) is 8.45. The molecule has 0 bridgehead atoms. The number of methoxy groups -OCH3 is 1. The van der Waals surface area contributed by atoms with Crippen molar-refractivity contribution >= 4 is 25.2 Å². The standard InChI is InChI=1S/C26H40BN5O7/c1-26(2,32-13-11-30(12-14-32)25(35)38-3)16-20(17-28)23(33)31-10-6-9-21(18-31)39-24(34)29-22(27(36)37)15-19-7-4-5-8-19/h7,16,21-22,36-37H,4-6,8-15,18H2,1-3H3,(H,29,34)/b20-16+/t21-,22-/m0/s1. The van der Waals surface area contributed by atoms with Gasteiger partial charge in [-0.1, -0.05) is 11.6 Å². The van der Waals surface area contributed by atoms with Crippen molar-refractivity contribution in [2.45, 2.75) is 70.0 Å². The molecule has 2 heterocycles. The second-order valence-electron chi connectivity index (χ2n) is 10.8. The van der Waals surface area contributed by atoms with Crippen molar-refractivity contribution in [3.8, 4) is 6.07 Å². The number of hydrogen-bond acceptors (Lipinski definition) is 9. The minimum Gasteiger partial charge on any atom is -0.453 e. The van der Waals surface area contributed by atoms with Crippen LogP contribution in [0.25, 0.3) is 0 Å². The van der Waals surface area contributed by atoms with Gasteiger partial charge in [-0.15, -0.1) is 0 Å². The molecule has 214 valence electrons. The Morgan fingerprint density at radius 3 is 2.51 bits per heavy atom. The number of nitrogens with zero attached hydrogens (tertiary/aromatic N) is 4. The van der Waals surface area contributed by atoms with Crippen molar-refractivity contribution in [3.63, 3.8) is 0 Å². The van der Waals surface area contributed by atoms with Gasteiger partial charge in [-0.3, -0.25) is 9.69 Å². The fourth-order valence-electron chi connectivity index (χ4n) is 5.34. The molecule has 3 amide bonds. The molecule has 39 heavy (non-hydrogen) atoms. The lowest BCUT2D eigenvalue weighted by Gasteiger charge is -2.42. The summed E-state index contributed by atoms with van der Waals surface area (Å²) in [4.78, 5) is 42.8. The van der Waals surface area contributed by atoms with Crippen LogP contribution in [0.3, 0.4) is 0 Å². The smallest absolute Gasteiger partial charge is 0.453 e. The van der Waals surface area contributed by atoms with Crippen LogP contribution < -0.4 is 5.32 Å². The summed E-state index contributed by atoms with van der Waals surface area (Å²) in [6, 6.07) is 2.04. The van der Waals surface area contributed by atoms with Gasteiger partial charge in [0.2, 0.25) is 0 Å². The van der Waals surface area contributed by atoms with Crippen LogP contribution in [-0.4, -0.2) is 114 Å². The van der Waals surface area contributed by atoms with E-state index in [1.165, 1.54) is 12.0 Å². The zero-order valence-electron chi connectivity index (χ0n) is 23.1. The molecule has 0 radical (unpaired) electrons. The fourth-order valence-corrected chi connectivity index (χ4v) is 5.34. The molecule has 0 saturated carbocycles. The lowest BCUT2D eigenvalue weighted by Crippen LogP contribution is -2.55. The van der Waals surface area contributed by atoms with E-state index in [4.69, 9.17) is 9.47 Å². The molecule has 2 atom stereocenters. The number of rotatable bonds is 8. The summed E-state index contributed by atoms with van der Waals surface area (Å²) in [6.07, 6.45) is 6.31. The molecule has 0 aromatic heterocycles. The van der Waals surface area contributed by atoms with Gasteiger partial charge in [-0.05, 0) is 58.4 Å². The largest absolute Gasteiger partial charge is 0.475 e. The van der Waals surface area contributed by atoms with Gasteiger partial charge >= 0.3 is 19.3 Å². The average molecular weight is 545 g/mol. The average Bonchev–Trinajstić information content (AvgIpc) is 3.44. The first kappa shape index (κ1) is 30.5. The zero-order valence-corrected chi connectivity index (χ0v) is 23.1. The van der Waals surface area contributed by atoms with E-state index in [0.717, 1.165) is 24.8 Å². The monoisotopic (exact) mass is 545 g/mol. The van der Waals surface area contributed by atoms with Gasteiger partial charge in [0.1, 0.15) is 17.7 Å². The van der Waals surface area contributed by atoms with Crippen LogP contribution in [0, 0.1) is 11.3 Å². The zero-order chi connectivity index (χ0) is 28.6. The van der Waals surface area contributed by atoms with Crippen LogP contribution in [0.1, 0.15) is 52.4 Å². The summed E-state index contributed by atoms with van der Waals surface area (Å²) in [7, 11) is -0.376. The predicted molar refractivity (Wildman–Crippen MR) is 143 cm³/mol. The number of piperazine rings is 1. The second-order valence-corrected chi connectivity index (χ2v) is 10.8. The van der Waals surface area contributed by atoms with E-state index in [0.29, 0.717) is 52.0 Å². The number of amides is 3. The summed E-state index contributed by atoms with van der Waals surface area (Å²) < 4.78 is 10.3. The molecule has 0 aromatic rings. The molecule has 0 unspecified atom stereocenters. The number of likely N-dealkylation sites (tertiary alicyclic amines) is 1. The van der Waals surface area contributed by atoms with E-state index < -0.39 is 36.7 Å². The fraction of sp³-hybridized carbons (Fsp3) is 0.692. The minimum absolute atomic E-state index is 0.00815. The first-order valence-corrected chi connectivity index (χ1v) is 13.6. The highest BCUT2D eigenvalue weighted by molar-refractivity contribution is 6.43. The number of ether oxygens (including phenoxy) is 2. The summed E-state index contributed by atoms with van der Waals surface area (Å²) in [5, 5.41) is 31.8. The Morgan fingerprint density at radius 1 is 1.21 bits per heavy atom. The first-order chi connectivity index (χ1) is 18.5. The van der Waals surface area contributed by atoms with Gasteiger partial charge in [0, 0.05) is 38.3 Å². The normalized spacial score (nSPS) is 21.5. The van der Waals surface area contributed by atoms with Gasteiger partial charge in [-0.25, -0.2) is 9.59 Å². The van der Waals surface area contributed by atoms with Crippen LogP contribution in [-0.2, 0) is 14.3 Å². The number of hydrogen-bond donors (Lipinski definition) is 3. The molecule has 1 aliphatic carbocycles. The Balaban J connectivity index is 1.57. The summed E-state index contributed by atoms with van der Waals surface area (Å²) in [6.45, 7) is 6.53. The Labute approximate surface area is 230 Å². The topological polar surface area (TPSA) is 156 Å². The van der Waals surface area contributed by atoms with Crippen molar-refractivity contribution in [1.82, 2.24) is 20.0 Å². The number of nitrogens with one attached hydrogen (secondary N) is 1. The third-order valence-corrected chi connectivity index (χ3v) is 7.60. The van der Waals surface area contributed by atoms with Crippen LogP contribution in [0.4, 0.5) is 9.59 Å². The van der Waals surface area contributed by atoms with Gasteiger partial charge in [0.15, 0.2) is 0 Å². The highest BCUT2D eigenvalue weighted by atomic mass is 16.6. The van der Waals surface area contributed by atoms with Crippen LogP contribution in [0.5, 0.6) is 0 Å². The number of nitriles is 1. The molecular weight excluding hydrogens is 505 g/mol. The lowest BCUT2D eigenvalue weighted by molar-refractivity contribution is -0.129. The van der Waals surface area contributed by atoms with Crippen molar-refractivity contribution in [1.29, 1.82) is 5.26 Å². The lowest BCUT2D eigenvalue weighted by atomic mass is 9.76. The Morgan fingerprint density at radius 2 is 1.92 bits per heavy atom. The maximum atomic E-state index is 13.3. The van der Waals surface area contributed by atoms with Crippen molar-refractivity contribution < 1.29 is 33.9 Å². The molecule has 2 saturated heterocycles. The molecule has 2 fully saturated rings. The van der Waals surface area contributed by atoms with E-state index in [9.17, 15) is 29.7 Å². The van der Waals surface area contributed by atoms with Gasteiger partial charge in [0.25, 0.3) is 5.91 Å². The van der Waals surface area contributed by atoms with Crippen LogP contribution in [0.15, 0.2) is 23.3 Å². The maximum Gasteiger partial charge on any atom is 0.475 e. The van der Waals surface area contributed by atoms with Crippen LogP contribution in [0.2, 0.25) is 0 Å². The number of piperidine rings is 1. The molecule has 0 spiro atoms. The Hall–Kier alpha value is -3.08. The SMILES string of the molecule is COC(=O)N1CCN(C(C)(C)/C=C(\C#N)C(=O)N2CCC[C@H](OC(=O)N[C@@H](CC3=CCCC3)B(O)O)C2)CC1. The van der Waals surface area contributed by atoms with Gasteiger partial charge in [-0.2, -0.15) is 5.26 Å². The Bertz CT molecular complexity index is 1000. The van der Waals surface area contributed by atoms with E-state index in [1.54, 1.807) is 11.0 Å². The number of alkyl carbamates (subject to hydrolysis) is 1. The van der Waals surface area contributed by atoms with E-state index >= 15 is 0 Å². The molecule has 3 N–H and O–H groups in total. The second kappa shape index (κ2) is 13.8. The predicted octanol–water partition coefficient (Wildman–Crippen LogP) is 1.20. The maximum absolute atomic E-state index is 13.3. The highest BCUT2D eigenvalue weighted by Crippen LogP contribution is 2.24. The molecule has 12 nitrogen and oxygen atoms in total. The molecule has 0 aromatic carbocycles. The molecular formula is C26H40BN5O7. The van der Waals surface area contributed by atoms with Crippen molar-refractivity contribution in [2.24, 2.45) is 0 Å². The quantitative estimate of drug-likeness (QED) is 0.177. The number of carbonyl (C=O) groups excluding carboxylic acids is 3. The van der Waals surface area contributed by atoms with Crippen molar-refractivity contribution in [3.05, 3.63) is 23.3 Å². The minimum atomic E-state index is -1.72. The summed E-state index contributed by atoms with van der Waals surface area (Å²) >= 11 is 0. The van der Waals surface area contributed by atoms with Crippen molar-refractivity contribution in [2.75, 3.05) is 46.4 Å². The third-order valence-electron chi connectivity index (χ3n) is 7.60. The molecule has 13 heteroatoms. The highest BCUT2D eigenvalue weighted by Gasteiger charge is 2.34. The molecule has 3 aliphatic rings. The van der Waals surface area contributed by atoms with Gasteiger partial charge < -0.3 is 34.6 Å². The first-order valence-electron chi connectivity index (χ1n) is 13.6. The number of allylic oxidation sites excluding steroid dienone is 1. The summed E-state index contributed by atoms with van der Waals surface area (Å²) in [5.41, 5.74) is 0.476. The van der Waals surface area contributed by atoms with E-state index in [2.05, 4.69) is 16.3 Å².